The second kappa shape index (κ2) is 10.9. The number of piperazine rings is 1. The maximum atomic E-state index is 13.3. The zero-order valence-corrected chi connectivity index (χ0v) is 19.4. The number of anilines is 1. The number of amides is 4. The van der Waals surface area contributed by atoms with Crippen molar-refractivity contribution in [1.29, 1.82) is 0 Å². The van der Waals surface area contributed by atoms with Gasteiger partial charge in [-0.25, -0.2) is 9.18 Å². The number of urea groups is 1. The van der Waals surface area contributed by atoms with E-state index in [2.05, 4.69) is 5.32 Å². The number of hydrogen-bond acceptors (Lipinski definition) is 3. The van der Waals surface area contributed by atoms with Crippen molar-refractivity contribution >= 4 is 23.5 Å². The molecule has 1 aliphatic heterocycles. The summed E-state index contributed by atoms with van der Waals surface area (Å²) in [5, 5.41) is 2.90. The molecule has 2 aromatic carbocycles. The second-order valence-electron chi connectivity index (χ2n) is 8.55. The minimum absolute atomic E-state index is 0.00734. The normalized spacial score (nSPS) is 13.7. The lowest BCUT2D eigenvalue weighted by Crippen LogP contribution is -2.50. The van der Waals surface area contributed by atoms with Gasteiger partial charge in [0.1, 0.15) is 5.82 Å². The van der Waals surface area contributed by atoms with Crippen LogP contribution in [0, 0.1) is 5.82 Å². The minimum atomic E-state index is -0.332. The number of carbonyl (C=O) groups excluding carboxylic acids is 3. The Labute approximate surface area is 194 Å². The molecule has 0 bridgehead atoms. The van der Waals surface area contributed by atoms with Gasteiger partial charge >= 0.3 is 6.03 Å². The number of rotatable bonds is 6. The molecule has 0 spiro atoms. The molecule has 33 heavy (non-hydrogen) atoms. The number of nitrogens with zero attached hydrogens (tertiary/aromatic N) is 3. The second-order valence-corrected chi connectivity index (χ2v) is 8.55. The molecular weight excluding hydrogens is 423 g/mol. The predicted octanol–water partition coefficient (Wildman–Crippen LogP) is 3.18. The summed E-state index contributed by atoms with van der Waals surface area (Å²) in [4.78, 5) is 42.4. The zero-order valence-electron chi connectivity index (χ0n) is 19.4. The van der Waals surface area contributed by atoms with Gasteiger partial charge < -0.3 is 15.1 Å². The predicted molar refractivity (Wildman–Crippen MR) is 125 cm³/mol. The summed E-state index contributed by atoms with van der Waals surface area (Å²) in [6, 6.07) is 13.1. The van der Waals surface area contributed by atoms with Crippen molar-refractivity contribution in [3.8, 4) is 0 Å². The van der Waals surface area contributed by atoms with Crippen LogP contribution in [0.5, 0.6) is 0 Å². The lowest BCUT2D eigenvalue weighted by molar-refractivity contribution is -0.138. The van der Waals surface area contributed by atoms with Gasteiger partial charge in [-0.05, 0) is 49.2 Å². The third-order valence-corrected chi connectivity index (χ3v) is 5.57. The van der Waals surface area contributed by atoms with E-state index in [9.17, 15) is 18.8 Å². The van der Waals surface area contributed by atoms with Crippen molar-refractivity contribution in [3.63, 3.8) is 0 Å². The van der Waals surface area contributed by atoms with Crippen molar-refractivity contribution in [2.24, 2.45) is 0 Å². The van der Waals surface area contributed by atoms with Gasteiger partial charge in [0.25, 0.3) is 0 Å². The molecule has 1 N–H and O–H groups in total. The van der Waals surface area contributed by atoms with Crippen LogP contribution >= 0.6 is 0 Å². The van der Waals surface area contributed by atoms with E-state index in [4.69, 9.17) is 0 Å². The molecule has 2 aromatic rings. The first-order valence-corrected chi connectivity index (χ1v) is 11.2. The number of benzene rings is 2. The molecule has 0 saturated carbocycles. The maximum Gasteiger partial charge on any atom is 0.322 e. The molecule has 1 aliphatic rings. The fourth-order valence-electron chi connectivity index (χ4n) is 3.77. The summed E-state index contributed by atoms with van der Waals surface area (Å²) in [7, 11) is 0. The third kappa shape index (κ3) is 6.78. The van der Waals surface area contributed by atoms with E-state index in [1.165, 1.54) is 19.1 Å². The van der Waals surface area contributed by atoms with E-state index in [0.29, 0.717) is 31.9 Å². The molecule has 176 valence electrons. The molecule has 1 saturated heterocycles. The number of nitrogens with one attached hydrogen (secondary N) is 1. The molecule has 0 radical (unpaired) electrons. The quantitative estimate of drug-likeness (QED) is 0.729. The summed E-state index contributed by atoms with van der Waals surface area (Å²) in [5.74, 6) is -0.315. The average molecular weight is 455 g/mol. The minimum Gasteiger partial charge on any atom is -0.339 e. The van der Waals surface area contributed by atoms with Crippen LogP contribution in [0.15, 0.2) is 48.5 Å². The van der Waals surface area contributed by atoms with Crippen LogP contribution in [0.1, 0.15) is 31.9 Å². The van der Waals surface area contributed by atoms with Gasteiger partial charge in [0.15, 0.2) is 0 Å². The molecule has 8 heteroatoms. The standard InChI is InChI=1S/C25H31FN4O3/c1-18(2)27-25(33)30(17-20-7-9-22(26)10-8-20)23-6-4-5-21(15-23)16-24(32)29-13-11-28(12-14-29)19(3)31/h4-10,15,18H,11-14,16-17H2,1-3H3,(H,27,33). The fourth-order valence-corrected chi connectivity index (χ4v) is 3.77. The van der Waals surface area contributed by atoms with Gasteiger partial charge in [0.2, 0.25) is 11.8 Å². The first kappa shape index (κ1) is 24.2. The highest BCUT2D eigenvalue weighted by Gasteiger charge is 2.23. The number of carbonyl (C=O) groups is 3. The van der Waals surface area contributed by atoms with Gasteiger partial charge in [-0.1, -0.05) is 24.3 Å². The van der Waals surface area contributed by atoms with Crippen LogP contribution in [0.3, 0.4) is 0 Å². The van der Waals surface area contributed by atoms with Gasteiger partial charge in [0, 0.05) is 44.8 Å². The topological polar surface area (TPSA) is 73.0 Å². The first-order chi connectivity index (χ1) is 15.7. The van der Waals surface area contributed by atoms with Crippen molar-refractivity contribution in [2.45, 2.75) is 39.8 Å². The van der Waals surface area contributed by atoms with Gasteiger partial charge in [0.05, 0.1) is 13.0 Å². The van der Waals surface area contributed by atoms with E-state index in [-0.39, 0.29) is 42.7 Å². The van der Waals surface area contributed by atoms with Crippen molar-refractivity contribution in [1.82, 2.24) is 15.1 Å². The Hall–Kier alpha value is -3.42. The molecular formula is C25H31FN4O3. The maximum absolute atomic E-state index is 13.3. The van der Waals surface area contributed by atoms with Gasteiger partial charge in [-0.3, -0.25) is 14.5 Å². The average Bonchev–Trinajstić information content (AvgIpc) is 2.78. The Morgan fingerprint density at radius 1 is 0.970 bits per heavy atom. The highest BCUT2D eigenvalue weighted by molar-refractivity contribution is 5.92. The molecule has 4 amide bonds. The summed E-state index contributed by atoms with van der Waals surface area (Å²) >= 11 is 0. The first-order valence-electron chi connectivity index (χ1n) is 11.2. The number of halogens is 1. The zero-order chi connectivity index (χ0) is 24.0. The van der Waals surface area contributed by atoms with Gasteiger partial charge in [-0.15, -0.1) is 0 Å². The summed E-state index contributed by atoms with van der Waals surface area (Å²) in [6.45, 7) is 7.70. The van der Waals surface area contributed by atoms with Crippen LogP contribution in [0.4, 0.5) is 14.9 Å². The van der Waals surface area contributed by atoms with Crippen LogP contribution in [-0.2, 0) is 22.6 Å². The smallest absolute Gasteiger partial charge is 0.322 e. The highest BCUT2D eigenvalue weighted by atomic mass is 19.1. The van der Waals surface area contributed by atoms with Crippen molar-refractivity contribution in [2.75, 3.05) is 31.1 Å². The molecule has 1 heterocycles. The third-order valence-electron chi connectivity index (χ3n) is 5.57. The van der Waals surface area contributed by atoms with Crippen LogP contribution in [0.25, 0.3) is 0 Å². The Morgan fingerprint density at radius 2 is 1.61 bits per heavy atom. The largest absolute Gasteiger partial charge is 0.339 e. The van der Waals surface area contributed by atoms with E-state index < -0.39 is 0 Å². The van der Waals surface area contributed by atoms with E-state index in [1.807, 2.05) is 38.1 Å². The van der Waals surface area contributed by atoms with Gasteiger partial charge in [-0.2, -0.15) is 0 Å². The summed E-state index contributed by atoms with van der Waals surface area (Å²) in [6.07, 6.45) is 0.212. The Morgan fingerprint density at radius 3 is 2.21 bits per heavy atom. The Bertz CT molecular complexity index is 985. The van der Waals surface area contributed by atoms with Crippen LogP contribution in [-0.4, -0.2) is 59.9 Å². The SMILES string of the molecule is CC(=O)N1CCN(C(=O)Cc2cccc(N(Cc3ccc(F)cc3)C(=O)NC(C)C)c2)CC1. The van der Waals surface area contributed by atoms with Crippen LogP contribution < -0.4 is 10.2 Å². The molecule has 3 rings (SSSR count). The molecule has 0 atom stereocenters. The lowest BCUT2D eigenvalue weighted by Gasteiger charge is -2.34. The van der Waals surface area contributed by atoms with Crippen LogP contribution in [0.2, 0.25) is 0 Å². The fraction of sp³-hybridized carbons (Fsp3) is 0.400. The van der Waals surface area contributed by atoms with Crippen molar-refractivity contribution < 1.29 is 18.8 Å². The van der Waals surface area contributed by atoms with Crippen molar-refractivity contribution in [3.05, 3.63) is 65.5 Å². The van der Waals surface area contributed by atoms with E-state index in [1.54, 1.807) is 26.8 Å². The number of hydrogen-bond donors (Lipinski definition) is 1. The monoisotopic (exact) mass is 454 g/mol. The molecule has 1 fully saturated rings. The summed E-state index contributed by atoms with van der Waals surface area (Å²) < 4.78 is 13.3. The van der Waals surface area contributed by atoms with E-state index >= 15 is 0 Å². The lowest BCUT2D eigenvalue weighted by atomic mass is 10.1. The highest BCUT2D eigenvalue weighted by Crippen LogP contribution is 2.21. The molecule has 0 aliphatic carbocycles. The summed E-state index contributed by atoms with van der Waals surface area (Å²) in [5.41, 5.74) is 2.25. The molecule has 7 nitrogen and oxygen atoms in total. The van der Waals surface area contributed by atoms with E-state index in [0.717, 1.165) is 11.1 Å². The Kier molecular flexibility index (Phi) is 8.03. The molecule has 0 unspecified atom stereocenters. The Balaban J connectivity index is 1.74. The molecule has 0 aromatic heterocycles.